The van der Waals surface area contributed by atoms with Crippen molar-refractivity contribution in [3.05, 3.63) is 24.3 Å². The maximum Gasteiger partial charge on any atom is 0.0359 e. The largest absolute Gasteiger partial charge is 0.303 e. The maximum absolute atomic E-state index is 3.67. The minimum atomic E-state index is 0.626. The van der Waals surface area contributed by atoms with E-state index in [2.05, 4.69) is 43.5 Å². The van der Waals surface area contributed by atoms with Gasteiger partial charge in [-0.1, -0.05) is 46.7 Å². The molecule has 2 aliphatic rings. The molecule has 0 spiro atoms. The quantitative estimate of drug-likeness (QED) is 0.611. The van der Waals surface area contributed by atoms with Gasteiger partial charge in [-0.05, 0) is 5.92 Å². The van der Waals surface area contributed by atoms with Crippen LogP contribution in [0.3, 0.4) is 0 Å². The zero-order chi connectivity index (χ0) is 8.55. The lowest BCUT2D eigenvalue weighted by molar-refractivity contribution is 0.506. The molecule has 2 rings (SSSR count). The topological polar surface area (TPSA) is 12.0 Å². The van der Waals surface area contributed by atoms with Crippen molar-refractivity contribution in [3.63, 3.8) is 0 Å². The Morgan fingerprint density at radius 1 is 1.25 bits per heavy atom. The molecule has 0 aromatic heterocycles. The van der Waals surface area contributed by atoms with E-state index in [1.54, 1.807) is 0 Å². The van der Waals surface area contributed by atoms with Gasteiger partial charge in [0.05, 0.1) is 0 Å². The van der Waals surface area contributed by atoms with Crippen LogP contribution in [0.1, 0.15) is 13.8 Å². The van der Waals surface area contributed by atoms with E-state index >= 15 is 0 Å². The Morgan fingerprint density at radius 3 is 2.67 bits per heavy atom. The van der Waals surface area contributed by atoms with Crippen LogP contribution in [-0.2, 0) is 0 Å². The number of fused-ring (bicyclic) bond motifs is 1. The van der Waals surface area contributed by atoms with E-state index in [-0.39, 0.29) is 0 Å². The Hall–Kier alpha value is -0.130. The molecule has 0 saturated carbocycles. The SMILES string of the molecule is CC(C)C1NC2C=CC=CC2P1. The summed E-state index contributed by atoms with van der Waals surface area (Å²) in [6.45, 7) is 4.60. The molecular formula is C10H16NP. The molecule has 4 atom stereocenters. The van der Waals surface area contributed by atoms with E-state index < -0.39 is 0 Å². The fraction of sp³-hybridized carbons (Fsp3) is 0.600. The number of hydrogen-bond acceptors (Lipinski definition) is 1. The Balaban J connectivity index is 2.05. The standard InChI is InChI=1S/C10H16NP/c1-7(2)10-11-8-5-3-4-6-9(8)12-10/h3-12H,1-2H3. The van der Waals surface area contributed by atoms with Crippen LogP contribution in [0.15, 0.2) is 24.3 Å². The molecule has 1 saturated heterocycles. The van der Waals surface area contributed by atoms with Crippen molar-refractivity contribution < 1.29 is 0 Å². The molecule has 0 amide bonds. The minimum absolute atomic E-state index is 0.626. The summed E-state index contributed by atoms with van der Waals surface area (Å²) in [5.41, 5.74) is 0.780. The van der Waals surface area contributed by atoms with Crippen LogP contribution in [0.2, 0.25) is 0 Å². The van der Waals surface area contributed by atoms with Gasteiger partial charge < -0.3 is 5.32 Å². The molecule has 4 unspecified atom stereocenters. The molecule has 12 heavy (non-hydrogen) atoms. The summed E-state index contributed by atoms with van der Waals surface area (Å²) >= 11 is 0. The normalized spacial score (nSPS) is 41.1. The minimum Gasteiger partial charge on any atom is -0.303 e. The highest BCUT2D eigenvalue weighted by Gasteiger charge is 2.32. The third kappa shape index (κ3) is 1.48. The van der Waals surface area contributed by atoms with Gasteiger partial charge >= 0.3 is 0 Å². The first kappa shape index (κ1) is 8.47. The summed E-state index contributed by atoms with van der Waals surface area (Å²) in [6.07, 6.45) is 8.97. The molecule has 66 valence electrons. The molecule has 1 aliphatic carbocycles. The van der Waals surface area contributed by atoms with Gasteiger partial charge in [0.2, 0.25) is 0 Å². The van der Waals surface area contributed by atoms with Gasteiger partial charge in [-0.15, -0.1) is 0 Å². The van der Waals surface area contributed by atoms with Gasteiger partial charge in [0.15, 0.2) is 0 Å². The van der Waals surface area contributed by atoms with E-state index in [0.717, 1.165) is 25.9 Å². The number of allylic oxidation sites excluding steroid dienone is 2. The van der Waals surface area contributed by atoms with Crippen molar-refractivity contribution in [1.29, 1.82) is 0 Å². The lowest BCUT2D eigenvalue weighted by atomic mass is 10.1. The fourth-order valence-electron chi connectivity index (χ4n) is 1.77. The summed E-state index contributed by atoms with van der Waals surface area (Å²) in [6, 6.07) is 0.626. The summed E-state index contributed by atoms with van der Waals surface area (Å²) in [7, 11) is 1.06. The average molecular weight is 181 g/mol. The van der Waals surface area contributed by atoms with Crippen LogP contribution in [0.25, 0.3) is 0 Å². The molecule has 2 heteroatoms. The molecule has 0 aromatic carbocycles. The van der Waals surface area contributed by atoms with Gasteiger partial charge in [0, 0.05) is 17.5 Å². The Morgan fingerprint density at radius 2 is 2.00 bits per heavy atom. The van der Waals surface area contributed by atoms with Crippen LogP contribution < -0.4 is 5.32 Å². The third-order valence-corrected chi connectivity index (χ3v) is 4.67. The maximum atomic E-state index is 3.67. The molecule has 1 N–H and O–H groups in total. The third-order valence-electron chi connectivity index (χ3n) is 2.55. The number of rotatable bonds is 1. The Kier molecular flexibility index (Phi) is 2.34. The predicted octanol–water partition coefficient (Wildman–Crippen LogP) is 2.11. The van der Waals surface area contributed by atoms with Crippen LogP contribution in [-0.4, -0.2) is 17.5 Å². The molecule has 1 aliphatic heterocycles. The van der Waals surface area contributed by atoms with E-state index in [1.807, 2.05) is 0 Å². The molecule has 1 fully saturated rings. The van der Waals surface area contributed by atoms with E-state index in [0.29, 0.717) is 6.04 Å². The van der Waals surface area contributed by atoms with Crippen molar-refractivity contribution in [1.82, 2.24) is 5.32 Å². The fourth-order valence-corrected chi connectivity index (χ4v) is 3.50. The van der Waals surface area contributed by atoms with Gasteiger partial charge in [-0.2, -0.15) is 0 Å². The van der Waals surface area contributed by atoms with Gasteiger partial charge in [0.1, 0.15) is 0 Å². The zero-order valence-corrected chi connectivity index (χ0v) is 8.62. The summed E-state index contributed by atoms with van der Waals surface area (Å²) in [4.78, 5) is 0. The molecule has 0 aromatic rings. The van der Waals surface area contributed by atoms with Crippen molar-refractivity contribution in [3.8, 4) is 0 Å². The van der Waals surface area contributed by atoms with Gasteiger partial charge in [-0.3, -0.25) is 0 Å². The lowest BCUT2D eigenvalue weighted by Crippen LogP contribution is -2.33. The van der Waals surface area contributed by atoms with E-state index in [9.17, 15) is 0 Å². The molecule has 0 bridgehead atoms. The number of hydrogen-bond donors (Lipinski definition) is 1. The summed E-state index contributed by atoms with van der Waals surface area (Å²) in [5.74, 6) is 1.52. The predicted molar refractivity (Wildman–Crippen MR) is 55.9 cm³/mol. The van der Waals surface area contributed by atoms with Crippen molar-refractivity contribution in [2.75, 3.05) is 0 Å². The lowest BCUT2D eigenvalue weighted by Gasteiger charge is -2.15. The highest BCUT2D eigenvalue weighted by atomic mass is 31.1. The second-order valence-corrected chi connectivity index (χ2v) is 5.50. The van der Waals surface area contributed by atoms with Gasteiger partial charge in [0.25, 0.3) is 0 Å². The molecule has 1 heterocycles. The summed E-state index contributed by atoms with van der Waals surface area (Å²) < 4.78 is 0. The first-order valence-electron chi connectivity index (χ1n) is 4.64. The first-order chi connectivity index (χ1) is 5.77. The van der Waals surface area contributed by atoms with Gasteiger partial charge in [-0.25, -0.2) is 0 Å². The van der Waals surface area contributed by atoms with Crippen LogP contribution in [0.5, 0.6) is 0 Å². The monoisotopic (exact) mass is 181 g/mol. The van der Waals surface area contributed by atoms with Crippen LogP contribution >= 0.6 is 8.58 Å². The summed E-state index contributed by atoms with van der Waals surface area (Å²) in [5, 5.41) is 3.67. The first-order valence-corrected chi connectivity index (χ1v) is 5.80. The highest BCUT2D eigenvalue weighted by Crippen LogP contribution is 2.39. The van der Waals surface area contributed by atoms with Crippen molar-refractivity contribution in [2.45, 2.75) is 31.3 Å². The smallest absolute Gasteiger partial charge is 0.0359 e. The van der Waals surface area contributed by atoms with Crippen LogP contribution in [0.4, 0.5) is 0 Å². The second kappa shape index (κ2) is 3.32. The molecular weight excluding hydrogens is 165 g/mol. The van der Waals surface area contributed by atoms with E-state index in [4.69, 9.17) is 0 Å². The zero-order valence-electron chi connectivity index (χ0n) is 7.62. The van der Waals surface area contributed by atoms with Crippen LogP contribution in [0, 0.1) is 5.92 Å². The van der Waals surface area contributed by atoms with E-state index in [1.165, 1.54) is 0 Å². The molecule has 1 nitrogen and oxygen atoms in total. The molecule has 0 radical (unpaired) electrons. The second-order valence-electron chi connectivity index (χ2n) is 3.88. The van der Waals surface area contributed by atoms with Crippen molar-refractivity contribution in [2.24, 2.45) is 5.92 Å². The number of nitrogens with one attached hydrogen (secondary N) is 1. The average Bonchev–Trinajstić information content (AvgIpc) is 2.46. The van der Waals surface area contributed by atoms with Crippen molar-refractivity contribution >= 4 is 8.58 Å². The highest BCUT2D eigenvalue weighted by molar-refractivity contribution is 7.40. The Bertz CT molecular complexity index is 200. The Labute approximate surface area is 76.1 Å².